The molecule has 4 rings (SSSR count). The second-order valence-corrected chi connectivity index (χ2v) is 12.0. The minimum Gasteiger partial charge on any atom is -0.391 e. The van der Waals surface area contributed by atoms with Gasteiger partial charge in [-0.25, -0.2) is 8.78 Å². The van der Waals surface area contributed by atoms with Crippen molar-refractivity contribution in [1.82, 2.24) is 14.8 Å². The first-order valence-electron chi connectivity index (χ1n) is 15.3. The number of carbonyl (C=O) groups excluding carboxylic acids is 2. The number of allylic oxidation sites excluding steroid dienone is 2. The number of amides is 2. The number of aliphatic hydroxyl groups is 1. The smallest absolute Gasteiger partial charge is 0.249 e. The largest absolute Gasteiger partial charge is 0.391 e. The molecule has 1 heterocycles. The van der Waals surface area contributed by atoms with Gasteiger partial charge in [-0.15, -0.1) is 0 Å². The molecule has 3 aromatic rings. The summed E-state index contributed by atoms with van der Waals surface area (Å²) in [6, 6.07) is 11.2. The third-order valence-corrected chi connectivity index (χ3v) is 8.53. The topological polar surface area (TPSA) is 101 Å². The van der Waals surface area contributed by atoms with Crippen molar-refractivity contribution >= 4 is 22.7 Å². The van der Waals surface area contributed by atoms with Gasteiger partial charge in [0.1, 0.15) is 11.6 Å². The SMILES string of the molecule is CCCN(CCC)C(=O)C1=CC(C)=CC(C(N)=O)([C@H](Cc2cc(F)cc(F)c2)[C@@H](O)CNCc2cn(C)c3ccccc23)C1. The van der Waals surface area contributed by atoms with Crippen molar-refractivity contribution in [3.63, 3.8) is 0 Å². The highest BCUT2D eigenvalue weighted by Gasteiger charge is 2.48. The van der Waals surface area contributed by atoms with E-state index in [2.05, 4.69) is 5.32 Å². The van der Waals surface area contributed by atoms with Crippen LogP contribution in [0.4, 0.5) is 8.78 Å². The van der Waals surface area contributed by atoms with Gasteiger partial charge in [0, 0.05) is 67.9 Å². The van der Waals surface area contributed by atoms with Gasteiger partial charge in [0.25, 0.3) is 0 Å². The van der Waals surface area contributed by atoms with Gasteiger partial charge in [-0.1, -0.05) is 49.8 Å². The molecule has 4 N–H and O–H groups in total. The van der Waals surface area contributed by atoms with Gasteiger partial charge in [0.15, 0.2) is 0 Å². The molecule has 7 nitrogen and oxygen atoms in total. The minimum absolute atomic E-state index is 0.0225. The Bertz CT molecular complexity index is 1540. The van der Waals surface area contributed by atoms with Gasteiger partial charge in [-0.05, 0) is 61.9 Å². The molecule has 0 spiro atoms. The highest BCUT2D eigenvalue weighted by atomic mass is 19.1. The fourth-order valence-corrected chi connectivity index (χ4v) is 6.62. The number of aromatic nitrogens is 1. The maximum atomic E-state index is 14.3. The van der Waals surface area contributed by atoms with Crippen molar-refractivity contribution in [1.29, 1.82) is 0 Å². The molecule has 2 aromatic carbocycles. The number of para-hydroxylation sites is 1. The Morgan fingerprint density at radius 2 is 1.77 bits per heavy atom. The van der Waals surface area contributed by atoms with E-state index in [4.69, 9.17) is 5.73 Å². The van der Waals surface area contributed by atoms with Crippen LogP contribution in [0.15, 0.2) is 72.0 Å². The lowest BCUT2D eigenvalue weighted by Gasteiger charge is -2.42. The summed E-state index contributed by atoms with van der Waals surface area (Å²) in [5.41, 5.74) is 8.16. The summed E-state index contributed by atoms with van der Waals surface area (Å²) in [5, 5.41) is 16.2. The summed E-state index contributed by atoms with van der Waals surface area (Å²) in [5.74, 6) is -3.28. The van der Waals surface area contributed by atoms with E-state index in [0.29, 0.717) is 30.8 Å². The summed E-state index contributed by atoms with van der Waals surface area (Å²) in [4.78, 5) is 29.0. The molecule has 1 aliphatic carbocycles. The Hall–Kier alpha value is -3.82. The number of nitrogens with two attached hydrogens (primary N) is 1. The molecule has 1 unspecified atom stereocenters. The van der Waals surface area contributed by atoms with Gasteiger partial charge >= 0.3 is 0 Å². The summed E-state index contributed by atoms with van der Waals surface area (Å²) < 4.78 is 30.6. The number of hydrogen-bond acceptors (Lipinski definition) is 4. The van der Waals surface area contributed by atoms with Crippen LogP contribution >= 0.6 is 0 Å². The molecule has 236 valence electrons. The Kier molecular flexibility index (Phi) is 10.8. The number of aliphatic hydroxyl groups excluding tert-OH is 1. The van der Waals surface area contributed by atoms with E-state index < -0.39 is 35.0 Å². The van der Waals surface area contributed by atoms with Crippen LogP contribution in [0.5, 0.6) is 0 Å². The number of aryl methyl sites for hydroxylation is 1. The minimum atomic E-state index is -1.47. The number of nitrogens with zero attached hydrogens (tertiary/aromatic N) is 2. The van der Waals surface area contributed by atoms with Crippen LogP contribution in [0.25, 0.3) is 10.9 Å². The van der Waals surface area contributed by atoms with Crippen LogP contribution in [0.3, 0.4) is 0 Å². The van der Waals surface area contributed by atoms with E-state index in [1.165, 1.54) is 12.1 Å². The molecule has 1 aliphatic rings. The predicted octanol–water partition coefficient (Wildman–Crippen LogP) is 5.16. The van der Waals surface area contributed by atoms with Gasteiger partial charge in [0.2, 0.25) is 11.8 Å². The molecule has 0 saturated heterocycles. The molecule has 3 atom stereocenters. The van der Waals surface area contributed by atoms with E-state index in [1.807, 2.05) is 55.9 Å². The number of rotatable bonds is 14. The van der Waals surface area contributed by atoms with Crippen LogP contribution in [-0.4, -0.2) is 52.1 Å². The molecule has 1 aromatic heterocycles. The number of carbonyl (C=O) groups is 2. The van der Waals surface area contributed by atoms with Crippen molar-refractivity contribution in [2.45, 2.75) is 59.1 Å². The lowest BCUT2D eigenvalue weighted by Crippen LogP contribution is -2.51. The first kappa shape index (κ1) is 33.1. The van der Waals surface area contributed by atoms with E-state index >= 15 is 0 Å². The number of nitrogens with one attached hydrogen (secondary N) is 1. The maximum Gasteiger partial charge on any atom is 0.249 e. The van der Waals surface area contributed by atoms with E-state index in [9.17, 15) is 23.5 Å². The zero-order chi connectivity index (χ0) is 32.0. The van der Waals surface area contributed by atoms with Crippen molar-refractivity contribution in [3.05, 3.63) is 94.7 Å². The summed E-state index contributed by atoms with van der Waals surface area (Å²) in [6.45, 7) is 7.47. The monoisotopic (exact) mass is 606 g/mol. The molecular formula is C35H44F2N4O3. The molecule has 9 heteroatoms. The molecule has 0 bridgehead atoms. The number of benzene rings is 2. The standard InChI is InChI=1S/C35H44F2N4O3/c1-5-11-41(12-6-2)33(43)25-13-23(3)18-35(19-25,34(38)44)30(16-24-14-27(36)17-28(37)15-24)32(42)21-39-20-26-22-40(4)31-10-8-7-9-29(26)31/h7-10,13-15,17-18,22,30,32,39,42H,5-6,11-12,16,19-21H2,1-4H3,(H2,38,44)/t30-,32+,35?/m1/s1. The number of fused-ring (bicyclic) bond motifs is 1. The second kappa shape index (κ2) is 14.3. The molecule has 0 saturated carbocycles. The van der Waals surface area contributed by atoms with Crippen molar-refractivity contribution < 1.29 is 23.5 Å². The van der Waals surface area contributed by atoms with Gasteiger partial charge in [-0.2, -0.15) is 0 Å². The zero-order valence-corrected chi connectivity index (χ0v) is 26.1. The second-order valence-electron chi connectivity index (χ2n) is 12.0. The summed E-state index contributed by atoms with van der Waals surface area (Å²) in [6.07, 6.45) is 5.86. The van der Waals surface area contributed by atoms with Gasteiger partial charge < -0.3 is 25.6 Å². The Morgan fingerprint density at radius 3 is 2.41 bits per heavy atom. The zero-order valence-electron chi connectivity index (χ0n) is 26.1. The average molecular weight is 607 g/mol. The summed E-state index contributed by atoms with van der Waals surface area (Å²) >= 11 is 0. The molecule has 2 amide bonds. The fourth-order valence-electron chi connectivity index (χ4n) is 6.62. The molecule has 0 aliphatic heterocycles. The Morgan fingerprint density at radius 1 is 1.11 bits per heavy atom. The quantitative estimate of drug-likeness (QED) is 0.236. The van der Waals surface area contributed by atoms with Crippen LogP contribution < -0.4 is 11.1 Å². The predicted molar refractivity (Wildman–Crippen MR) is 169 cm³/mol. The van der Waals surface area contributed by atoms with E-state index in [1.54, 1.807) is 24.0 Å². The average Bonchev–Trinajstić information content (AvgIpc) is 3.29. The molecule has 0 fully saturated rings. The fraction of sp³-hybridized carbons (Fsp3) is 0.429. The van der Waals surface area contributed by atoms with Crippen LogP contribution in [0, 0.1) is 23.0 Å². The van der Waals surface area contributed by atoms with Crippen LogP contribution in [0.2, 0.25) is 0 Å². The highest BCUT2D eigenvalue weighted by Crippen LogP contribution is 2.44. The lowest BCUT2D eigenvalue weighted by atomic mass is 9.63. The normalized spacial score (nSPS) is 18.1. The number of halogens is 2. The van der Waals surface area contributed by atoms with Gasteiger partial charge in [0.05, 0.1) is 11.5 Å². The van der Waals surface area contributed by atoms with Crippen molar-refractivity contribution in [3.8, 4) is 0 Å². The van der Waals surface area contributed by atoms with E-state index in [0.717, 1.165) is 35.4 Å². The lowest BCUT2D eigenvalue weighted by molar-refractivity contribution is -0.132. The maximum absolute atomic E-state index is 14.3. The number of hydrogen-bond donors (Lipinski definition) is 3. The Balaban J connectivity index is 1.67. The molecule has 44 heavy (non-hydrogen) atoms. The first-order valence-corrected chi connectivity index (χ1v) is 15.3. The van der Waals surface area contributed by atoms with Crippen molar-refractivity contribution in [2.24, 2.45) is 24.1 Å². The van der Waals surface area contributed by atoms with Crippen LogP contribution in [0.1, 0.15) is 51.2 Å². The summed E-state index contributed by atoms with van der Waals surface area (Å²) in [7, 11) is 1.97. The molecule has 0 radical (unpaired) electrons. The molecular weight excluding hydrogens is 562 g/mol. The third-order valence-electron chi connectivity index (χ3n) is 8.53. The van der Waals surface area contributed by atoms with Crippen molar-refractivity contribution in [2.75, 3.05) is 19.6 Å². The van der Waals surface area contributed by atoms with E-state index in [-0.39, 0.29) is 30.9 Å². The first-order chi connectivity index (χ1) is 21.0. The highest BCUT2D eigenvalue weighted by molar-refractivity contribution is 5.97. The number of primary amides is 1. The van der Waals surface area contributed by atoms with Crippen LogP contribution in [-0.2, 0) is 29.6 Å². The third kappa shape index (κ3) is 7.27. The Labute approximate surface area is 258 Å². The van der Waals surface area contributed by atoms with Gasteiger partial charge in [-0.3, -0.25) is 9.59 Å².